The first-order valence-electron chi connectivity index (χ1n) is 8.25. The van der Waals surface area contributed by atoms with E-state index in [2.05, 4.69) is 28.9 Å². The van der Waals surface area contributed by atoms with Crippen LogP contribution in [0, 0.1) is 11.8 Å². The number of piperidine rings is 1. The van der Waals surface area contributed by atoms with Gasteiger partial charge in [0.1, 0.15) is 0 Å². The molecule has 0 aliphatic carbocycles. The first-order chi connectivity index (χ1) is 11.0. The highest BCUT2D eigenvalue weighted by atomic mass is 79.9. The largest absolute Gasteiger partial charge is 0.481 e. The van der Waals surface area contributed by atoms with Crippen LogP contribution in [0.5, 0.6) is 0 Å². The summed E-state index contributed by atoms with van der Waals surface area (Å²) in [6.45, 7) is 3.42. The van der Waals surface area contributed by atoms with E-state index >= 15 is 0 Å². The fourth-order valence-electron chi connectivity index (χ4n) is 3.20. The van der Waals surface area contributed by atoms with Crippen LogP contribution in [0.3, 0.4) is 0 Å². The number of benzene rings is 1. The maximum absolute atomic E-state index is 12.8. The molecule has 1 aromatic rings. The molecule has 23 heavy (non-hydrogen) atoms. The minimum atomic E-state index is -0.741. The molecule has 126 valence electrons. The molecule has 1 heterocycles. The van der Waals surface area contributed by atoms with Crippen molar-refractivity contribution in [2.45, 2.75) is 39.0 Å². The van der Waals surface area contributed by atoms with E-state index in [4.69, 9.17) is 5.11 Å². The molecule has 5 heteroatoms. The second kappa shape index (κ2) is 8.48. The van der Waals surface area contributed by atoms with E-state index in [0.717, 1.165) is 35.7 Å². The maximum atomic E-state index is 12.8. The van der Waals surface area contributed by atoms with Crippen molar-refractivity contribution in [2.24, 2.45) is 11.8 Å². The van der Waals surface area contributed by atoms with E-state index in [1.807, 2.05) is 23.1 Å². The lowest BCUT2D eigenvalue weighted by Crippen LogP contribution is -2.42. The zero-order valence-corrected chi connectivity index (χ0v) is 15.1. The summed E-state index contributed by atoms with van der Waals surface area (Å²) in [4.78, 5) is 25.5. The number of likely N-dealkylation sites (tertiary alicyclic amines) is 1. The van der Waals surface area contributed by atoms with Gasteiger partial charge in [0.25, 0.3) is 0 Å². The van der Waals surface area contributed by atoms with Gasteiger partial charge in [-0.3, -0.25) is 9.59 Å². The Bertz CT molecular complexity index is 553. The Hall–Kier alpha value is -1.36. The van der Waals surface area contributed by atoms with Gasteiger partial charge in [-0.15, -0.1) is 0 Å². The second-order valence-electron chi connectivity index (χ2n) is 6.27. The third-order valence-corrected chi connectivity index (χ3v) is 5.43. The Balaban J connectivity index is 1.93. The van der Waals surface area contributed by atoms with Gasteiger partial charge in [-0.2, -0.15) is 0 Å². The molecule has 1 aliphatic heterocycles. The molecule has 0 spiro atoms. The van der Waals surface area contributed by atoms with Crippen LogP contribution < -0.4 is 0 Å². The fourth-order valence-corrected chi connectivity index (χ4v) is 3.64. The average molecular weight is 382 g/mol. The van der Waals surface area contributed by atoms with E-state index in [1.165, 1.54) is 0 Å². The molecule has 0 radical (unpaired) electrons. The minimum Gasteiger partial charge on any atom is -0.481 e. The van der Waals surface area contributed by atoms with Gasteiger partial charge in [0.15, 0.2) is 0 Å². The van der Waals surface area contributed by atoms with Crippen LogP contribution in [0.4, 0.5) is 0 Å². The Morgan fingerprint density at radius 1 is 1.30 bits per heavy atom. The van der Waals surface area contributed by atoms with Crippen molar-refractivity contribution in [3.63, 3.8) is 0 Å². The predicted molar refractivity (Wildman–Crippen MR) is 93.2 cm³/mol. The molecule has 0 bridgehead atoms. The number of hydrogen-bond donors (Lipinski definition) is 1. The van der Waals surface area contributed by atoms with Crippen LogP contribution in [0.15, 0.2) is 28.7 Å². The summed E-state index contributed by atoms with van der Waals surface area (Å²) in [7, 11) is 0. The number of hydrogen-bond acceptors (Lipinski definition) is 2. The topological polar surface area (TPSA) is 57.6 Å². The number of carboxylic acids is 1. The zero-order valence-electron chi connectivity index (χ0n) is 13.5. The van der Waals surface area contributed by atoms with Crippen molar-refractivity contribution < 1.29 is 14.7 Å². The van der Waals surface area contributed by atoms with Crippen LogP contribution in [0.1, 0.15) is 38.2 Å². The molecular formula is C18H24BrNO3. The third-order valence-electron chi connectivity index (χ3n) is 4.66. The van der Waals surface area contributed by atoms with Crippen LogP contribution in [0.25, 0.3) is 0 Å². The summed E-state index contributed by atoms with van der Waals surface area (Å²) >= 11 is 3.55. The highest BCUT2D eigenvalue weighted by Crippen LogP contribution is 2.25. The molecule has 1 saturated heterocycles. The number of nitrogens with zero attached hydrogens (tertiary/aromatic N) is 1. The minimum absolute atomic E-state index is 0.00952. The summed E-state index contributed by atoms with van der Waals surface area (Å²) in [5.74, 6) is -0.336. The predicted octanol–water partition coefficient (Wildman–Crippen LogP) is 3.73. The fraction of sp³-hybridized carbons (Fsp3) is 0.556. The van der Waals surface area contributed by atoms with Gasteiger partial charge in [0.2, 0.25) is 5.91 Å². The molecule has 1 atom stereocenters. The quantitative estimate of drug-likeness (QED) is 0.816. The molecule has 1 amide bonds. The number of halogens is 1. The average Bonchev–Trinajstić information content (AvgIpc) is 2.54. The van der Waals surface area contributed by atoms with E-state index < -0.39 is 5.97 Å². The number of rotatable bonds is 6. The number of carbonyl (C=O) groups excluding carboxylic acids is 1. The lowest BCUT2D eigenvalue weighted by molar-refractivity contribution is -0.139. The lowest BCUT2D eigenvalue weighted by Gasteiger charge is -2.33. The Morgan fingerprint density at radius 3 is 2.52 bits per heavy atom. The molecule has 1 aliphatic rings. The van der Waals surface area contributed by atoms with Crippen molar-refractivity contribution in [1.29, 1.82) is 0 Å². The van der Waals surface area contributed by atoms with Gasteiger partial charge < -0.3 is 10.0 Å². The van der Waals surface area contributed by atoms with Gasteiger partial charge in [0.05, 0.1) is 0 Å². The van der Waals surface area contributed by atoms with Gasteiger partial charge in [-0.1, -0.05) is 41.1 Å². The lowest BCUT2D eigenvalue weighted by atomic mass is 9.91. The van der Waals surface area contributed by atoms with Crippen molar-refractivity contribution in [2.75, 3.05) is 13.1 Å². The van der Waals surface area contributed by atoms with Gasteiger partial charge in [0, 0.05) is 29.9 Å². The van der Waals surface area contributed by atoms with Crippen molar-refractivity contribution >= 4 is 27.8 Å². The molecule has 2 rings (SSSR count). The summed E-state index contributed by atoms with van der Waals surface area (Å²) in [5, 5.41) is 8.87. The molecule has 1 fully saturated rings. The Labute approximate surface area is 146 Å². The van der Waals surface area contributed by atoms with Crippen LogP contribution in [0.2, 0.25) is 0 Å². The van der Waals surface area contributed by atoms with Crippen LogP contribution in [-0.2, 0) is 16.0 Å². The molecular weight excluding hydrogens is 358 g/mol. The Morgan fingerprint density at radius 2 is 1.96 bits per heavy atom. The maximum Gasteiger partial charge on any atom is 0.303 e. The standard InChI is InChI=1S/C18H24BrNO3/c1-2-14(12-15-5-3-4-6-16(15)19)18(23)20-9-7-13(8-10-20)11-17(21)22/h3-6,13-14H,2,7-12H2,1H3,(H,21,22). The van der Waals surface area contributed by atoms with E-state index in [9.17, 15) is 9.59 Å². The molecule has 1 N–H and O–H groups in total. The first kappa shape index (κ1) is 18.0. The summed E-state index contributed by atoms with van der Waals surface area (Å²) in [6.07, 6.45) is 3.37. The number of aliphatic carboxylic acids is 1. The highest BCUT2D eigenvalue weighted by molar-refractivity contribution is 9.10. The molecule has 1 unspecified atom stereocenters. The molecule has 1 aromatic carbocycles. The van der Waals surface area contributed by atoms with Crippen LogP contribution in [-0.4, -0.2) is 35.0 Å². The van der Waals surface area contributed by atoms with E-state index in [0.29, 0.717) is 13.1 Å². The monoisotopic (exact) mass is 381 g/mol. The highest BCUT2D eigenvalue weighted by Gasteiger charge is 2.28. The molecule has 0 aromatic heterocycles. The number of carbonyl (C=O) groups is 2. The zero-order chi connectivity index (χ0) is 16.8. The molecule has 0 saturated carbocycles. The van der Waals surface area contributed by atoms with Crippen molar-refractivity contribution in [1.82, 2.24) is 4.90 Å². The van der Waals surface area contributed by atoms with Crippen molar-refractivity contribution in [3.8, 4) is 0 Å². The van der Waals surface area contributed by atoms with E-state index in [1.54, 1.807) is 0 Å². The summed E-state index contributed by atoms with van der Waals surface area (Å²) in [6, 6.07) is 8.03. The smallest absolute Gasteiger partial charge is 0.303 e. The SMILES string of the molecule is CCC(Cc1ccccc1Br)C(=O)N1CCC(CC(=O)O)CC1. The Kier molecular flexibility index (Phi) is 6.63. The molecule has 4 nitrogen and oxygen atoms in total. The summed E-state index contributed by atoms with van der Waals surface area (Å²) < 4.78 is 1.05. The van der Waals surface area contributed by atoms with Gasteiger partial charge in [-0.05, 0) is 43.2 Å². The van der Waals surface area contributed by atoms with Crippen molar-refractivity contribution in [3.05, 3.63) is 34.3 Å². The number of carboxylic acid groups (broad SMARTS) is 1. The van der Waals surface area contributed by atoms with Gasteiger partial charge in [-0.25, -0.2) is 0 Å². The van der Waals surface area contributed by atoms with E-state index in [-0.39, 0.29) is 24.2 Å². The normalized spacial score (nSPS) is 17.0. The third kappa shape index (κ3) is 5.06. The second-order valence-corrected chi connectivity index (χ2v) is 7.12. The van der Waals surface area contributed by atoms with Crippen LogP contribution >= 0.6 is 15.9 Å². The summed E-state index contributed by atoms with van der Waals surface area (Å²) in [5.41, 5.74) is 1.16. The van der Waals surface area contributed by atoms with Gasteiger partial charge >= 0.3 is 5.97 Å². The first-order valence-corrected chi connectivity index (χ1v) is 9.04. The number of amides is 1.